The number of morpholine rings is 1. The normalized spacial score (nSPS) is 19.8. The van der Waals surface area contributed by atoms with Crippen molar-refractivity contribution in [1.82, 2.24) is 4.90 Å². The maximum absolute atomic E-state index is 12.1. The van der Waals surface area contributed by atoms with Crippen LogP contribution in [0.3, 0.4) is 0 Å². The van der Waals surface area contributed by atoms with Gasteiger partial charge in [-0.3, -0.25) is 4.79 Å². The van der Waals surface area contributed by atoms with Crippen molar-refractivity contribution in [2.75, 3.05) is 26.3 Å². The lowest BCUT2D eigenvalue weighted by molar-refractivity contribution is -0.139. The maximum atomic E-state index is 12.1. The first-order chi connectivity index (χ1) is 8.70. The number of phenolic OH excluding ortho intramolecular Hbond substituents is 1. The Morgan fingerprint density at radius 2 is 2.22 bits per heavy atom. The fourth-order valence-electron chi connectivity index (χ4n) is 1.99. The highest BCUT2D eigenvalue weighted by atomic mass is 16.5. The van der Waals surface area contributed by atoms with E-state index in [4.69, 9.17) is 9.84 Å². The number of hydrogen-bond donors (Lipinski definition) is 2. The summed E-state index contributed by atoms with van der Waals surface area (Å²) < 4.78 is 5.29. The highest BCUT2D eigenvalue weighted by Crippen LogP contribution is 2.17. The SMILES string of the molecule is O=C(Cc1ccccc1O)N1CCOC(CO)C1. The van der Waals surface area contributed by atoms with Crippen LogP contribution < -0.4 is 0 Å². The van der Waals surface area contributed by atoms with Gasteiger partial charge in [0.1, 0.15) is 5.75 Å². The zero-order chi connectivity index (χ0) is 13.0. The van der Waals surface area contributed by atoms with Crippen LogP contribution in [0.15, 0.2) is 24.3 Å². The molecule has 0 radical (unpaired) electrons. The predicted octanol–water partition coefficient (Wildman–Crippen LogP) is 0.154. The minimum Gasteiger partial charge on any atom is -0.508 e. The summed E-state index contributed by atoms with van der Waals surface area (Å²) in [5.74, 6) is 0.0797. The number of amides is 1. The summed E-state index contributed by atoms with van der Waals surface area (Å²) >= 11 is 0. The molecule has 1 fully saturated rings. The Bertz CT molecular complexity index is 421. The van der Waals surface area contributed by atoms with E-state index < -0.39 is 0 Å². The fraction of sp³-hybridized carbons (Fsp3) is 0.462. The highest BCUT2D eigenvalue weighted by molar-refractivity contribution is 5.79. The van der Waals surface area contributed by atoms with E-state index >= 15 is 0 Å². The molecule has 1 aliphatic rings. The Kier molecular flexibility index (Phi) is 4.17. The monoisotopic (exact) mass is 251 g/mol. The summed E-state index contributed by atoms with van der Waals surface area (Å²) in [7, 11) is 0. The summed E-state index contributed by atoms with van der Waals surface area (Å²) in [5.41, 5.74) is 0.620. The zero-order valence-electron chi connectivity index (χ0n) is 10.1. The molecule has 0 aromatic heterocycles. The third kappa shape index (κ3) is 3.00. The van der Waals surface area contributed by atoms with Crippen LogP contribution >= 0.6 is 0 Å². The van der Waals surface area contributed by atoms with Crippen molar-refractivity contribution in [3.05, 3.63) is 29.8 Å². The molecule has 0 saturated carbocycles. The third-order valence-corrected chi connectivity index (χ3v) is 3.03. The smallest absolute Gasteiger partial charge is 0.227 e. The molecule has 1 atom stereocenters. The summed E-state index contributed by atoms with van der Waals surface area (Å²) in [6.07, 6.45) is -0.128. The van der Waals surface area contributed by atoms with Gasteiger partial charge in [0.15, 0.2) is 0 Å². The summed E-state index contributed by atoms with van der Waals surface area (Å²) in [4.78, 5) is 13.7. The number of aromatic hydroxyl groups is 1. The quantitative estimate of drug-likeness (QED) is 0.802. The Balaban J connectivity index is 1.97. The van der Waals surface area contributed by atoms with Crippen LogP contribution in [0.1, 0.15) is 5.56 Å². The van der Waals surface area contributed by atoms with Crippen LogP contribution in [0, 0.1) is 0 Å². The van der Waals surface area contributed by atoms with Crippen LogP contribution in [-0.4, -0.2) is 53.4 Å². The average molecular weight is 251 g/mol. The van der Waals surface area contributed by atoms with Crippen LogP contribution in [0.5, 0.6) is 5.75 Å². The molecule has 1 aromatic carbocycles. The number of benzene rings is 1. The van der Waals surface area contributed by atoms with Gasteiger partial charge < -0.3 is 19.8 Å². The van der Waals surface area contributed by atoms with Gasteiger partial charge in [0.05, 0.1) is 25.7 Å². The van der Waals surface area contributed by atoms with Crippen LogP contribution in [0.25, 0.3) is 0 Å². The molecule has 0 bridgehead atoms. The first-order valence-corrected chi connectivity index (χ1v) is 5.98. The first kappa shape index (κ1) is 12.9. The maximum Gasteiger partial charge on any atom is 0.227 e. The summed E-state index contributed by atoms with van der Waals surface area (Å²) in [6.45, 7) is 1.30. The van der Waals surface area contributed by atoms with Gasteiger partial charge in [-0.25, -0.2) is 0 Å². The van der Waals surface area contributed by atoms with E-state index in [1.807, 2.05) is 0 Å². The first-order valence-electron chi connectivity index (χ1n) is 5.98. The molecule has 0 spiro atoms. The van der Waals surface area contributed by atoms with Gasteiger partial charge in [0.25, 0.3) is 0 Å². The molecular weight excluding hydrogens is 234 g/mol. The lowest BCUT2D eigenvalue weighted by Crippen LogP contribution is -2.47. The molecule has 98 valence electrons. The van der Waals surface area contributed by atoms with E-state index in [0.29, 0.717) is 25.3 Å². The van der Waals surface area contributed by atoms with Crippen molar-refractivity contribution in [3.63, 3.8) is 0 Å². The third-order valence-electron chi connectivity index (χ3n) is 3.03. The molecule has 18 heavy (non-hydrogen) atoms. The van der Waals surface area contributed by atoms with Crippen LogP contribution in [-0.2, 0) is 16.0 Å². The molecule has 1 aliphatic heterocycles. The molecule has 5 heteroatoms. The second-order valence-corrected chi connectivity index (χ2v) is 4.32. The van der Waals surface area contributed by atoms with Gasteiger partial charge >= 0.3 is 0 Å². The molecule has 2 N–H and O–H groups in total. The van der Waals surface area contributed by atoms with Gasteiger partial charge in [-0.2, -0.15) is 0 Å². The van der Waals surface area contributed by atoms with Gasteiger partial charge in [-0.15, -0.1) is 0 Å². The number of rotatable bonds is 3. The van der Waals surface area contributed by atoms with Crippen molar-refractivity contribution in [3.8, 4) is 5.75 Å². The second kappa shape index (κ2) is 5.84. The second-order valence-electron chi connectivity index (χ2n) is 4.32. The number of carbonyl (C=O) groups excluding carboxylic acids is 1. The molecule has 1 unspecified atom stereocenters. The van der Waals surface area contributed by atoms with Crippen molar-refractivity contribution >= 4 is 5.91 Å². The summed E-state index contributed by atoms with van der Waals surface area (Å²) in [6, 6.07) is 6.81. The summed E-state index contributed by atoms with van der Waals surface area (Å²) in [5, 5.41) is 18.6. The Morgan fingerprint density at radius 1 is 1.44 bits per heavy atom. The highest BCUT2D eigenvalue weighted by Gasteiger charge is 2.23. The molecule has 1 saturated heterocycles. The molecule has 1 aromatic rings. The minimum atomic E-state index is -0.299. The number of carbonyl (C=O) groups is 1. The number of para-hydroxylation sites is 1. The Hall–Kier alpha value is -1.59. The van der Waals surface area contributed by atoms with E-state index in [0.717, 1.165) is 0 Å². The van der Waals surface area contributed by atoms with Crippen LogP contribution in [0.4, 0.5) is 0 Å². The number of nitrogens with zero attached hydrogens (tertiary/aromatic N) is 1. The fourth-order valence-corrected chi connectivity index (χ4v) is 1.99. The number of aliphatic hydroxyl groups is 1. The van der Waals surface area contributed by atoms with Gasteiger partial charge in [0, 0.05) is 18.7 Å². The number of phenols is 1. The number of aliphatic hydroxyl groups excluding tert-OH is 1. The number of hydrogen-bond acceptors (Lipinski definition) is 4. The molecule has 1 amide bonds. The molecule has 2 rings (SSSR count). The Morgan fingerprint density at radius 3 is 2.94 bits per heavy atom. The van der Waals surface area contributed by atoms with E-state index in [1.165, 1.54) is 0 Å². The van der Waals surface area contributed by atoms with E-state index in [1.54, 1.807) is 29.2 Å². The Labute approximate surface area is 106 Å². The van der Waals surface area contributed by atoms with Crippen molar-refractivity contribution < 1.29 is 19.7 Å². The van der Waals surface area contributed by atoms with E-state index in [9.17, 15) is 9.90 Å². The molecule has 5 nitrogen and oxygen atoms in total. The largest absolute Gasteiger partial charge is 0.508 e. The van der Waals surface area contributed by atoms with Crippen molar-refractivity contribution in [2.45, 2.75) is 12.5 Å². The minimum absolute atomic E-state index is 0.0572. The molecule has 0 aliphatic carbocycles. The lowest BCUT2D eigenvalue weighted by atomic mass is 10.1. The van der Waals surface area contributed by atoms with E-state index in [2.05, 4.69) is 0 Å². The topological polar surface area (TPSA) is 70.0 Å². The molecular formula is C13H17NO4. The van der Waals surface area contributed by atoms with Gasteiger partial charge in [-0.1, -0.05) is 18.2 Å². The molecule has 1 heterocycles. The zero-order valence-corrected chi connectivity index (χ0v) is 10.1. The predicted molar refractivity (Wildman–Crippen MR) is 65.2 cm³/mol. The van der Waals surface area contributed by atoms with Crippen molar-refractivity contribution in [2.24, 2.45) is 0 Å². The van der Waals surface area contributed by atoms with Gasteiger partial charge in [0.2, 0.25) is 5.91 Å². The van der Waals surface area contributed by atoms with Crippen LogP contribution in [0.2, 0.25) is 0 Å². The van der Waals surface area contributed by atoms with Crippen molar-refractivity contribution in [1.29, 1.82) is 0 Å². The van der Waals surface area contributed by atoms with E-state index in [-0.39, 0.29) is 30.8 Å². The number of ether oxygens (including phenoxy) is 1. The lowest BCUT2D eigenvalue weighted by Gasteiger charge is -2.32. The standard InChI is InChI=1S/C13H17NO4/c15-9-11-8-14(5-6-18-11)13(17)7-10-3-1-2-4-12(10)16/h1-4,11,15-16H,5-9H2. The van der Waals surface area contributed by atoms with Gasteiger partial charge in [-0.05, 0) is 6.07 Å². The average Bonchev–Trinajstić information content (AvgIpc) is 2.41.